The van der Waals surface area contributed by atoms with Crippen molar-refractivity contribution in [1.82, 2.24) is 0 Å². The quantitative estimate of drug-likeness (QED) is 0.850. The van der Waals surface area contributed by atoms with Gasteiger partial charge in [0.2, 0.25) is 0 Å². The SMILES string of the molecule is Cc1cc(C)c(OCC(=O)Nc2cccc(N3CCCC3)c2)c(Cl)c1. The first kappa shape index (κ1) is 17.6. The second-order valence-corrected chi connectivity index (χ2v) is 6.88. The second kappa shape index (κ2) is 7.79. The molecule has 0 atom stereocenters. The van der Waals surface area contributed by atoms with Gasteiger partial charge >= 0.3 is 0 Å². The van der Waals surface area contributed by atoms with Gasteiger partial charge in [-0.05, 0) is 62.1 Å². The molecule has 25 heavy (non-hydrogen) atoms. The number of anilines is 2. The van der Waals surface area contributed by atoms with Gasteiger partial charge in [0.15, 0.2) is 6.61 Å². The normalized spacial score (nSPS) is 13.8. The van der Waals surface area contributed by atoms with Crippen LogP contribution in [0.4, 0.5) is 11.4 Å². The van der Waals surface area contributed by atoms with E-state index in [2.05, 4.69) is 16.3 Å². The Balaban J connectivity index is 1.60. The zero-order valence-corrected chi connectivity index (χ0v) is 15.4. The topological polar surface area (TPSA) is 41.6 Å². The molecule has 2 aromatic rings. The lowest BCUT2D eigenvalue weighted by Crippen LogP contribution is -2.21. The third-order valence-corrected chi connectivity index (χ3v) is 4.60. The summed E-state index contributed by atoms with van der Waals surface area (Å²) in [4.78, 5) is 14.6. The fraction of sp³-hybridized carbons (Fsp3) is 0.350. The highest BCUT2D eigenvalue weighted by atomic mass is 35.5. The zero-order valence-electron chi connectivity index (χ0n) is 14.6. The summed E-state index contributed by atoms with van der Waals surface area (Å²) < 4.78 is 5.63. The number of hydrogen-bond acceptors (Lipinski definition) is 3. The van der Waals surface area contributed by atoms with Crippen molar-refractivity contribution in [2.24, 2.45) is 0 Å². The van der Waals surface area contributed by atoms with Crippen molar-refractivity contribution in [2.45, 2.75) is 26.7 Å². The molecule has 1 aliphatic heterocycles. The summed E-state index contributed by atoms with van der Waals surface area (Å²) in [5.74, 6) is 0.364. The van der Waals surface area contributed by atoms with Crippen LogP contribution in [-0.2, 0) is 4.79 Å². The van der Waals surface area contributed by atoms with Crippen LogP contribution in [0.5, 0.6) is 5.75 Å². The van der Waals surface area contributed by atoms with E-state index in [4.69, 9.17) is 16.3 Å². The van der Waals surface area contributed by atoms with E-state index < -0.39 is 0 Å². The van der Waals surface area contributed by atoms with Crippen LogP contribution >= 0.6 is 11.6 Å². The van der Waals surface area contributed by atoms with E-state index in [1.165, 1.54) is 12.8 Å². The first-order chi connectivity index (χ1) is 12.0. The van der Waals surface area contributed by atoms with Crippen LogP contribution in [0.2, 0.25) is 5.02 Å². The molecule has 1 saturated heterocycles. The molecule has 1 heterocycles. The van der Waals surface area contributed by atoms with Crippen molar-refractivity contribution < 1.29 is 9.53 Å². The average molecular weight is 359 g/mol. The number of benzene rings is 2. The number of carbonyl (C=O) groups excluding carboxylic acids is 1. The van der Waals surface area contributed by atoms with Crippen molar-refractivity contribution in [3.05, 3.63) is 52.5 Å². The Morgan fingerprint density at radius 2 is 1.96 bits per heavy atom. The van der Waals surface area contributed by atoms with Gasteiger partial charge in [-0.2, -0.15) is 0 Å². The monoisotopic (exact) mass is 358 g/mol. The van der Waals surface area contributed by atoms with E-state index in [-0.39, 0.29) is 12.5 Å². The highest BCUT2D eigenvalue weighted by Gasteiger charge is 2.13. The summed E-state index contributed by atoms with van der Waals surface area (Å²) in [6.45, 7) is 5.98. The number of rotatable bonds is 5. The molecule has 1 N–H and O–H groups in total. The minimum absolute atomic E-state index is 0.0719. The summed E-state index contributed by atoms with van der Waals surface area (Å²) in [7, 11) is 0. The lowest BCUT2D eigenvalue weighted by molar-refractivity contribution is -0.118. The molecule has 4 nitrogen and oxygen atoms in total. The summed E-state index contributed by atoms with van der Waals surface area (Å²) in [6.07, 6.45) is 2.45. The van der Waals surface area contributed by atoms with Gasteiger partial charge in [0.1, 0.15) is 5.75 Å². The summed E-state index contributed by atoms with van der Waals surface area (Å²) >= 11 is 6.21. The fourth-order valence-corrected chi connectivity index (χ4v) is 3.55. The van der Waals surface area contributed by atoms with Crippen molar-refractivity contribution in [3.8, 4) is 5.75 Å². The number of nitrogens with one attached hydrogen (secondary N) is 1. The lowest BCUT2D eigenvalue weighted by atomic mass is 10.1. The standard InChI is InChI=1S/C20H23ClN2O2/c1-14-10-15(2)20(18(21)11-14)25-13-19(24)22-16-6-5-7-17(12-16)23-8-3-4-9-23/h5-7,10-12H,3-4,8-9,13H2,1-2H3,(H,22,24). The Kier molecular flexibility index (Phi) is 5.49. The smallest absolute Gasteiger partial charge is 0.262 e. The lowest BCUT2D eigenvalue weighted by Gasteiger charge is -2.18. The Labute approximate surface area is 153 Å². The zero-order chi connectivity index (χ0) is 17.8. The summed E-state index contributed by atoms with van der Waals surface area (Å²) in [6, 6.07) is 11.8. The molecule has 1 aliphatic rings. The van der Waals surface area contributed by atoms with Crippen LogP contribution in [0.25, 0.3) is 0 Å². The minimum atomic E-state index is -0.199. The summed E-state index contributed by atoms with van der Waals surface area (Å²) in [5, 5.41) is 3.42. The van der Waals surface area contributed by atoms with E-state index in [1.54, 1.807) is 0 Å². The first-order valence-corrected chi connectivity index (χ1v) is 8.95. The van der Waals surface area contributed by atoms with Gasteiger partial charge in [-0.1, -0.05) is 23.7 Å². The Hall–Kier alpha value is -2.20. The molecule has 0 saturated carbocycles. The van der Waals surface area contributed by atoms with Gasteiger partial charge in [0, 0.05) is 24.5 Å². The van der Waals surface area contributed by atoms with Crippen LogP contribution in [0.1, 0.15) is 24.0 Å². The molecule has 2 aromatic carbocycles. The van der Waals surface area contributed by atoms with Crippen LogP contribution in [0, 0.1) is 13.8 Å². The van der Waals surface area contributed by atoms with E-state index in [9.17, 15) is 4.79 Å². The van der Waals surface area contributed by atoms with E-state index in [1.807, 2.05) is 44.2 Å². The summed E-state index contributed by atoms with van der Waals surface area (Å²) in [5.41, 5.74) is 3.92. The van der Waals surface area contributed by atoms with Crippen LogP contribution in [-0.4, -0.2) is 25.6 Å². The Bertz CT molecular complexity index is 747. The second-order valence-electron chi connectivity index (χ2n) is 6.47. The van der Waals surface area contributed by atoms with Crippen LogP contribution in [0.3, 0.4) is 0 Å². The number of ether oxygens (including phenoxy) is 1. The average Bonchev–Trinajstić information content (AvgIpc) is 3.08. The van der Waals surface area contributed by atoms with E-state index >= 15 is 0 Å². The third kappa shape index (κ3) is 4.45. The number of amides is 1. The molecule has 3 rings (SSSR count). The fourth-order valence-electron chi connectivity index (χ4n) is 3.18. The predicted octanol–water partition coefficient (Wildman–Crippen LogP) is 4.57. The van der Waals surface area contributed by atoms with E-state index in [0.29, 0.717) is 10.8 Å². The molecule has 0 aliphatic carbocycles. The molecule has 0 unspecified atom stereocenters. The number of aryl methyl sites for hydroxylation is 2. The first-order valence-electron chi connectivity index (χ1n) is 8.57. The Morgan fingerprint density at radius 3 is 2.68 bits per heavy atom. The van der Waals surface area contributed by atoms with Gasteiger partial charge < -0.3 is 15.0 Å². The molecule has 1 amide bonds. The highest BCUT2D eigenvalue weighted by Crippen LogP contribution is 2.29. The van der Waals surface area contributed by atoms with Crippen LogP contribution in [0.15, 0.2) is 36.4 Å². The van der Waals surface area contributed by atoms with Gasteiger partial charge in [0.25, 0.3) is 5.91 Å². The largest absolute Gasteiger partial charge is 0.482 e. The van der Waals surface area contributed by atoms with Crippen LogP contribution < -0.4 is 15.0 Å². The molecule has 5 heteroatoms. The van der Waals surface area contributed by atoms with Crippen molar-refractivity contribution in [3.63, 3.8) is 0 Å². The van der Waals surface area contributed by atoms with Gasteiger partial charge in [-0.3, -0.25) is 4.79 Å². The molecule has 0 aromatic heterocycles. The highest BCUT2D eigenvalue weighted by molar-refractivity contribution is 6.32. The number of halogens is 1. The van der Waals surface area contributed by atoms with Crippen molar-refractivity contribution >= 4 is 28.9 Å². The maximum atomic E-state index is 12.2. The molecular weight excluding hydrogens is 336 g/mol. The van der Waals surface area contributed by atoms with Gasteiger partial charge in [0.05, 0.1) is 5.02 Å². The van der Waals surface area contributed by atoms with Crippen molar-refractivity contribution in [2.75, 3.05) is 29.9 Å². The third-order valence-electron chi connectivity index (χ3n) is 4.32. The number of hydrogen-bond donors (Lipinski definition) is 1. The predicted molar refractivity (Wildman–Crippen MR) is 103 cm³/mol. The number of nitrogens with zero attached hydrogens (tertiary/aromatic N) is 1. The Morgan fingerprint density at radius 1 is 1.20 bits per heavy atom. The minimum Gasteiger partial charge on any atom is -0.482 e. The molecule has 0 radical (unpaired) electrons. The molecular formula is C20H23ClN2O2. The van der Waals surface area contributed by atoms with Gasteiger partial charge in [-0.15, -0.1) is 0 Å². The molecule has 0 spiro atoms. The van der Waals surface area contributed by atoms with Gasteiger partial charge in [-0.25, -0.2) is 0 Å². The maximum Gasteiger partial charge on any atom is 0.262 e. The molecule has 1 fully saturated rings. The number of carbonyl (C=O) groups is 1. The molecule has 0 bridgehead atoms. The maximum absolute atomic E-state index is 12.2. The molecule has 132 valence electrons. The van der Waals surface area contributed by atoms with E-state index in [0.717, 1.165) is 35.6 Å². The van der Waals surface area contributed by atoms with Crippen molar-refractivity contribution in [1.29, 1.82) is 0 Å².